The van der Waals surface area contributed by atoms with Crippen LogP contribution in [-0.2, 0) is 0 Å². The maximum absolute atomic E-state index is 5.99. The van der Waals surface area contributed by atoms with Crippen molar-refractivity contribution < 1.29 is 4.74 Å². The summed E-state index contributed by atoms with van der Waals surface area (Å²) < 4.78 is 7.05. The minimum atomic E-state index is 0.305. The van der Waals surface area contributed by atoms with Gasteiger partial charge < -0.3 is 10.1 Å². The molecule has 0 heterocycles. The summed E-state index contributed by atoms with van der Waals surface area (Å²) in [7, 11) is 0. The Hall–Kier alpha value is -0.540. The molecule has 0 aliphatic carbocycles. The van der Waals surface area contributed by atoms with E-state index in [9.17, 15) is 0 Å². The molecule has 19 heavy (non-hydrogen) atoms. The molecule has 0 bridgehead atoms. The number of hydrogen-bond donors (Lipinski definition) is 1. The Labute approximate surface area is 126 Å². The SMILES string of the molecule is CCNC(C)c1ccc(Br)cc1OCCC(C)(C)C. The first-order valence-electron chi connectivity index (χ1n) is 6.99. The van der Waals surface area contributed by atoms with Gasteiger partial charge in [0.1, 0.15) is 5.75 Å². The van der Waals surface area contributed by atoms with Gasteiger partial charge >= 0.3 is 0 Å². The van der Waals surface area contributed by atoms with Crippen LogP contribution >= 0.6 is 15.9 Å². The predicted octanol–water partition coefficient (Wildman–Crippen LogP) is 4.93. The van der Waals surface area contributed by atoms with Crippen molar-refractivity contribution in [3.8, 4) is 5.75 Å². The van der Waals surface area contributed by atoms with E-state index >= 15 is 0 Å². The zero-order valence-electron chi connectivity index (χ0n) is 12.7. The monoisotopic (exact) mass is 327 g/mol. The standard InChI is InChI=1S/C16H26BrNO/c1-6-18-12(2)14-8-7-13(17)11-15(14)19-10-9-16(3,4)5/h7-8,11-12,18H,6,9-10H2,1-5H3. The first kappa shape index (κ1) is 16.5. The minimum absolute atomic E-state index is 0.305. The van der Waals surface area contributed by atoms with Gasteiger partial charge in [0.15, 0.2) is 0 Å². The van der Waals surface area contributed by atoms with Crippen LogP contribution in [0, 0.1) is 5.41 Å². The third-order valence-electron chi connectivity index (χ3n) is 3.06. The van der Waals surface area contributed by atoms with E-state index in [1.807, 2.05) is 0 Å². The second-order valence-electron chi connectivity index (χ2n) is 6.12. The molecule has 0 spiro atoms. The first-order chi connectivity index (χ1) is 8.83. The molecule has 0 saturated carbocycles. The molecule has 1 aromatic carbocycles. The van der Waals surface area contributed by atoms with E-state index in [0.29, 0.717) is 11.5 Å². The van der Waals surface area contributed by atoms with Crippen molar-refractivity contribution in [2.75, 3.05) is 13.2 Å². The van der Waals surface area contributed by atoms with E-state index in [1.54, 1.807) is 0 Å². The molecule has 1 rings (SSSR count). The van der Waals surface area contributed by atoms with Gasteiger partial charge in [-0.1, -0.05) is 49.7 Å². The Balaban J connectivity index is 2.77. The lowest BCUT2D eigenvalue weighted by Gasteiger charge is -2.21. The van der Waals surface area contributed by atoms with Crippen LogP contribution in [0.15, 0.2) is 22.7 Å². The van der Waals surface area contributed by atoms with Gasteiger partial charge in [-0.25, -0.2) is 0 Å². The average molecular weight is 328 g/mol. The summed E-state index contributed by atoms with van der Waals surface area (Å²) in [5.41, 5.74) is 1.53. The molecule has 0 amide bonds. The van der Waals surface area contributed by atoms with Crippen LogP contribution in [0.5, 0.6) is 5.75 Å². The summed E-state index contributed by atoms with van der Waals surface area (Å²) >= 11 is 3.52. The molecule has 0 fully saturated rings. The van der Waals surface area contributed by atoms with Gasteiger partial charge in [0.05, 0.1) is 6.61 Å². The Morgan fingerprint density at radius 1 is 1.32 bits per heavy atom. The third kappa shape index (κ3) is 5.96. The van der Waals surface area contributed by atoms with E-state index in [1.165, 1.54) is 5.56 Å². The summed E-state index contributed by atoms with van der Waals surface area (Å²) in [6.45, 7) is 12.7. The molecular formula is C16H26BrNO. The lowest BCUT2D eigenvalue weighted by Crippen LogP contribution is -2.19. The topological polar surface area (TPSA) is 21.3 Å². The van der Waals surface area contributed by atoms with E-state index in [2.05, 4.69) is 74.1 Å². The molecule has 3 heteroatoms. The van der Waals surface area contributed by atoms with E-state index in [4.69, 9.17) is 4.74 Å². The molecule has 1 N–H and O–H groups in total. The van der Waals surface area contributed by atoms with Crippen molar-refractivity contribution in [1.82, 2.24) is 5.32 Å². The van der Waals surface area contributed by atoms with Crippen molar-refractivity contribution in [2.45, 2.75) is 47.1 Å². The van der Waals surface area contributed by atoms with Crippen molar-refractivity contribution in [1.29, 1.82) is 0 Å². The lowest BCUT2D eigenvalue weighted by atomic mass is 9.93. The highest BCUT2D eigenvalue weighted by Gasteiger charge is 2.14. The van der Waals surface area contributed by atoms with Crippen LogP contribution in [0.3, 0.4) is 0 Å². The largest absolute Gasteiger partial charge is 0.493 e. The van der Waals surface area contributed by atoms with Gasteiger partial charge in [-0.2, -0.15) is 0 Å². The van der Waals surface area contributed by atoms with Gasteiger partial charge in [0.2, 0.25) is 0 Å². The summed E-state index contributed by atoms with van der Waals surface area (Å²) in [6.07, 6.45) is 1.05. The number of hydrogen-bond acceptors (Lipinski definition) is 2. The Kier molecular flexibility index (Phi) is 6.34. The first-order valence-corrected chi connectivity index (χ1v) is 7.78. The number of rotatable bonds is 6. The van der Waals surface area contributed by atoms with E-state index < -0.39 is 0 Å². The fourth-order valence-corrected chi connectivity index (χ4v) is 2.21. The Morgan fingerprint density at radius 2 is 2.00 bits per heavy atom. The van der Waals surface area contributed by atoms with Gasteiger partial charge in [-0.3, -0.25) is 0 Å². The van der Waals surface area contributed by atoms with Crippen molar-refractivity contribution in [3.63, 3.8) is 0 Å². The Morgan fingerprint density at radius 3 is 2.58 bits per heavy atom. The smallest absolute Gasteiger partial charge is 0.125 e. The van der Waals surface area contributed by atoms with Crippen molar-refractivity contribution in [2.24, 2.45) is 5.41 Å². The molecule has 1 atom stereocenters. The van der Waals surface area contributed by atoms with Crippen molar-refractivity contribution >= 4 is 15.9 Å². The van der Waals surface area contributed by atoms with Crippen LogP contribution in [-0.4, -0.2) is 13.2 Å². The molecule has 108 valence electrons. The number of benzene rings is 1. The van der Waals surface area contributed by atoms with E-state index in [0.717, 1.165) is 29.8 Å². The average Bonchev–Trinajstić information content (AvgIpc) is 2.27. The second-order valence-corrected chi connectivity index (χ2v) is 7.04. The molecule has 2 nitrogen and oxygen atoms in total. The van der Waals surface area contributed by atoms with Crippen LogP contribution in [0.2, 0.25) is 0 Å². The zero-order chi connectivity index (χ0) is 14.5. The summed E-state index contributed by atoms with van der Waals surface area (Å²) in [4.78, 5) is 0. The van der Waals surface area contributed by atoms with Gasteiger partial charge in [-0.05, 0) is 37.4 Å². The molecule has 0 aliphatic heterocycles. The molecule has 0 radical (unpaired) electrons. The lowest BCUT2D eigenvalue weighted by molar-refractivity contribution is 0.240. The normalized spacial score (nSPS) is 13.4. The molecule has 1 unspecified atom stereocenters. The van der Waals surface area contributed by atoms with Crippen molar-refractivity contribution in [3.05, 3.63) is 28.2 Å². The van der Waals surface area contributed by atoms with Gasteiger partial charge in [-0.15, -0.1) is 0 Å². The van der Waals surface area contributed by atoms with Crippen LogP contribution in [0.25, 0.3) is 0 Å². The predicted molar refractivity (Wildman–Crippen MR) is 85.8 cm³/mol. The molecule has 0 saturated heterocycles. The minimum Gasteiger partial charge on any atom is -0.493 e. The maximum Gasteiger partial charge on any atom is 0.125 e. The van der Waals surface area contributed by atoms with E-state index in [-0.39, 0.29) is 0 Å². The van der Waals surface area contributed by atoms with Crippen LogP contribution in [0.4, 0.5) is 0 Å². The molecular weight excluding hydrogens is 302 g/mol. The second kappa shape index (κ2) is 7.30. The highest BCUT2D eigenvalue weighted by Crippen LogP contribution is 2.29. The Bertz CT molecular complexity index is 398. The van der Waals surface area contributed by atoms with Gasteiger partial charge in [0.25, 0.3) is 0 Å². The highest BCUT2D eigenvalue weighted by molar-refractivity contribution is 9.10. The molecule has 0 aliphatic rings. The fourth-order valence-electron chi connectivity index (χ4n) is 1.87. The number of nitrogens with one attached hydrogen (secondary N) is 1. The van der Waals surface area contributed by atoms with Crippen LogP contribution < -0.4 is 10.1 Å². The number of ether oxygens (including phenoxy) is 1. The van der Waals surface area contributed by atoms with Crippen LogP contribution in [0.1, 0.15) is 52.6 Å². The summed E-state index contributed by atoms with van der Waals surface area (Å²) in [5.74, 6) is 0.979. The quantitative estimate of drug-likeness (QED) is 0.799. The number of halogens is 1. The highest BCUT2D eigenvalue weighted by atomic mass is 79.9. The zero-order valence-corrected chi connectivity index (χ0v) is 14.3. The molecule has 1 aromatic rings. The third-order valence-corrected chi connectivity index (χ3v) is 3.56. The maximum atomic E-state index is 5.99. The van der Waals surface area contributed by atoms with Gasteiger partial charge in [0, 0.05) is 16.1 Å². The summed E-state index contributed by atoms with van der Waals surface area (Å²) in [5, 5.41) is 3.43. The molecule has 0 aromatic heterocycles. The summed E-state index contributed by atoms with van der Waals surface area (Å²) in [6, 6.07) is 6.57. The fraction of sp³-hybridized carbons (Fsp3) is 0.625.